The molecule has 0 spiro atoms. The molecular formula is C9H13N3O. The minimum atomic E-state index is 0.0807. The Labute approximate surface area is 76.7 Å². The Morgan fingerprint density at radius 2 is 2.46 bits per heavy atom. The average Bonchev–Trinajstić information content (AvgIpc) is 2.79. The van der Waals surface area contributed by atoms with Crippen molar-refractivity contribution in [3.63, 3.8) is 0 Å². The van der Waals surface area contributed by atoms with E-state index >= 15 is 0 Å². The molecule has 0 aromatic carbocycles. The average molecular weight is 179 g/mol. The number of ketones is 1. The molecule has 2 N–H and O–H groups in total. The van der Waals surface area contributed by atoms with Crippen molar-refractivity contribution >= 4 is 11.6 Å². The molecule has 1 aromatic rings. The first-order valence-corrected chi connectivity index (χ1v) is 4.49. The van der Waals surface area contributed by atoms with Gasteiger partial charge in [-0.2, -0.15) is 5.10 Å². The Bertz CT molecular complexity index is 339. The number of aromatic nitrogens is 2. The third kappa shape index (κ3) is 1.71. The van der Waals surface area contributed by atoms with Crippen molar-refractivity contribution < 1.29 is 4.79 Å². The molecule has 0 unspecified atom stereocenters. The summed E-state index contributed by atoms with van der Waals surface area (Å²) in [6.07, 6.45) is 2.41. The van der Waals surface area contributed by atoms with Crippen molar-refractivity contribution in [2.75, 3.05) is 5.73 Å². The zero-order chi connectivity index (χ0) is 9.42. The van der Waals surface area contributed by atoms with Gasteiger partial charge in [0.2, 0.25) is 0 Å². The quantitative estimate of drug-likeness (QED) is 0.750. The molecule has 1 aliphatic carbocycles. The van der Waals surface area contributed by atoms with E-state index in [4.69, 9.17) is 5.73 Å². The van der Waals surface area contributed by atoms with Crippen molar-refractivity contribution in [1.82, 2.24) is 9.78 Å². The Morgan fingerprint density at radius 1 is 1.77 bits per heavy atom. The van der Waals surface area contributed by atoms with Crippen LogP contribution in [0.4, 0.5) is 5.82 Å². The van der Waals surface area contributed by atoms with Gasteiger partial charge in [0.05, 0.1) is 5.69 Å². The molecule has 1 heterocycles. The topological polar surface area (TPSA) is 60.9 Å². The van der Waals surface area contributed by atoms with E-state index in [1.54, 1.807) is 4.68 Å². The number of nitrogens with two attached hydrogens (primary N) is 1. The second-order valence-electron chi connectivity index (χ2n) is 3.63. The molecule has 4 heteroatoms. The van der Waals surface area contributed by atoms with Gasteiger partial charge in [-0.25, -0.2) is 4.68 Å². The molecule has 0 saturated heterocycles. The molecule has 0 aliphatic heterocycles. The molecule has 0 atom stereocenters. The summed E-state index contributed by atoms with van der Waals surface area (Å²) < 4.78 is 1.58. The van der Waals surface area contributed by atoms with Gasteiger partial charge in [0, 0.05) is 12.0 Å². The van der Waals surface area contributed by atoms with E-state index in [0.717, 1.165) is 5.69 Å². The number of carbonyl (C=O) groups excluding carboxylic acids is 1. The minimum Gasteiger partial charge on any atom is -0.384 e. The number of hydrogen-bond donors (Lipinski definition) is 1. The van der Waals surface area contributed by atoms with Crippen molar-refractivity contribution in [2.24, 2.45) is 0 Å². The van der Waals surface area contributed by atoms with E-state index < -0.39 is 0 Å². The lowest BCUT2D eigenvalue weighted by Gasteiger charge is -1.98. The zero-order valence-electron chi connectivity index (χ0n) is 7.66. The van der Waals surface area contributed by atoms with Crippen LogP contribution in [0.3, 0.4) is 0 Å². The van der Waals surface area contributed by atoms with E-state index in [1.807, 2.05) is 6.07 Å². The summed E-state index contributed by atoms with van der Waals surface area (Å²) in [4.78, 5) is 10.8. The van der Waals surface area contributed by atoms with Gasteiger partial charge in [-0.05, 0) is 19.8 Å². The smallest absolute Gasteiger partial charge is 0.151 e. The highest BCUT2D eigenvalue weighted by molar-refractivity contribution is 5.75. The summed E-state index contributed by atoms with van der Waals surface area (Å²) in [5.74, 6) is 1.27. The Morgan fingerprint density at radius 3 is 3.00 bits per heavy atom. The lowest BCUT2D eigenvalue weighted by atomic mass is 10.3. The molecule has 0 bridgehead atoms. The largest absolute Gasteiger partial charge is 0.384 e. The van der Waals surface area contributed by atoms with Gasteiger partial charge in [-0.3, -0.25) is 4.79 Å². The molecule has 0 radical (unpaired) electrons. The highest BCUT2D eigenvalue weighted by atomic mass is 16.1. The van der Waals surface area contributed by atoms with E-state index in [9.17, 15) is 4.79 Å². The SMILES string of the molecule is CC(=O)Cn1nc(C2CC2)cc1N. The minimum absolute atomic E-state index is 0.0807. The van der Waals surface area contributed by atoms with Gasteiger partial charge in [0.25, 0.3) is 0 Å². The van der Waals surface area contributed by atoms with Crippen LogP contribution in [0, 0.1) is 0 Å². The van der Waals surface area contributed by atoms with Crippen LogP contribution >= 0.6 is 0 Å². The molecule has 13 heavy (non-hydrogen) atoms. The number of nitrogens with zero attached hydrogens (tertiary/aromatic N) is 2. The van der Waals surface area contributed by atoms with Crippen LogP contribution in [0.5, 0.6) is 0 Å². The summed E-state index contributed by atoms with van der Waals surface area (Å²) in [7, 11) is 0. The predicted octanol–water partition coefficient (Wildman–Crippen LogP) is 0.932. The van der Waals surface area contributed by atoms with Crippen LogP contribution in [0.2, 0.25) is 0 Å². The number of carbonyl (C=O) groups is 1. The number of rotatable bonds is 3. The maximum absolute atomic E-state index is 10.8. The highest BCUT2D eigenvalue weighted by Crippen LogP contribution is 2.39. The van der Waals surface area contributed by atoms with Crippen LogP contribution in [-0.4, -0.2) is 15.6 Å². The maximum Gasteiger partial charge on any atom is 0.151 e. The molecule has 1 aromatic heterocycles. The van der Waals surface area contributed by atoms with Crippen LogP contribution in [0.25, 0.3) is 0 Å². The fraction of sp³-hybridized carbons (Fsp3) is 0.556. The van der Waals surface area contributed by atoms with Crippen LogP contribution in [0.1, 0.15) is 31.4 Å². The van der Waals surface area contributed by atoms with Gasteiger partial charge in [0.1, 0.15) is 12.4 Å². The van der Waals surface area contributed by atoms with Crippen molar-refractivity contribution in [3.8, 4) is 0 Å². The van der Waals surface area contributed by atoms with Crippen LogP contribution in [0.15, 0.2) is 6.07 Å². The van der Waals surface area contributed by atoms with Gasteiger partial charge < -0.3 is 5.73 Å². The standard InChI is InChI=1S/C9H13N3O/c1-6(13)5-12-9(10)4-8(11-12)7-2-3-7/h4,7H,2-3,5,10H2,1H3. The first-order valence-electron chi connectivity index (χ1n) is 4.49. The lowest BCUT2D eigenvalue weighted by Crippen LogP contribution is -2.10. The number of hydrogen-bond acceptors (Lipinski definition) is 3. The third-order valence-corrected chi connectivity index (χ3v) is 2.20. The molecule has 70 valence electrons. The van der Waals surface area contributed by atoms with E-state index in [-0.39, 0.29) is 5.78 Å². The summed E-state index contributed by atoms with van der Waals surface area (Å²) in [6, 6.07) is 1.88. The third-order valence-electron chi connectivity index (χ3n) is 2.20. The molecule has 4 nitrogen and oxygen atoms in total. The van der Waals surface area contributed by atoms with Crippen LogP contribution in [-0.2, 0) is 11.3 Å². The molecule has 0 amide bonds. The molecule has 1 fully saturated rings. The van der Waals surface area contributed by atoms with Crippen LogP contribution < -0.4 is 5.73 Å². The highest BCUT2D eigenvalue weighted by Gasteiger charge is 2.26. The summed E-state index contributed by atoms with van der Waals surface area (Å²) in [5.41, 5.74) is 6.74. The zero-order valence-corrected chi connectivity index (χ0v) is 7.66. The van der Waals surface area contributed by atoms with Gasteiger partial charge in [-0.1, -0.05) is 0 Å². The molecule has 2 rings (SSSR count). The van der Waals surface area contributed by atoms with Gasteiger partial charge >= 0.3 is 0 Å². The van der Waals surface area contributed by atoms with Gasteiger partial charge in [0.15, 0.2) is 5.78 Å². The second kappa shape index (κ2) is 2.87. The Hall–Kier alpha value is -1.32. The number of Topliss-reactive ketones (excluding diaryl/α,β-unsaturated/α-hetero) is 1. The van der Waals surface area contributed by atoms with Crippen molar-refractivity contribution in [1.29, 1.82) is 0 Å². The van der Waals surface area contributed by atoms with Crippen molar-refractivity contribution in [2.45, 2.75) is 32.2 Å². The summed E-state index contributed by atoms with van der Waals surface area (Å²) in [6.45, 7) is 1.83. The normalized spacial score (nSPS) is 16.1. The Balaban J connectivity index is 2.19. The molecule has 1 saturated carbocycles. The predicted molar refractivity (Wildman–Crippen MR) is 49.3 cm³/mol. The van der Waals surface area contributed by atoms with E-state index in [1.165, 1.54) is 19.8 Å². The fourth-order valence-electron chi connectivity index (χ4n) is 1.37. The Kier molecular flexibility index (Phi) is 1.83. The first kappa shape index (κ1) is 8.29. The lowest BCUT2D eigenvalue weighted by molar-refractivity contribution is -0.117. The molecule has 1 aliphatic rings. The number of nitrogen functional groups attached to an aromatic ring is 1. The number of anilines is 1. The summed E-state index contributed by atoms with van der Waals surface area (Å²) >= 11 is 0. The monoisotopic (exact) mass is 179 g/mol. The molecular weight excluding hydrogens is 166 g/mol. The fourth-order valence-corrected chi connectivity index (χ4v) is 1.37. The van der Waals surface area contributed by atoms with Gasteiger partial charge in [-0.15, -0.1) is 0 Å². The second-order valence-corrected chi connectivity index (χ2v) is 3.63. The first-order chi connectivity index (χ1) is 6.16. The summed E-state index contributed by atoms with van der Waals surface area (Å²) in [5, 5.41) is 4.28. The van der Waals surface area contributed by atoms with Crippen molar-refractivity contribution in [3.05, 3.63) is 11.8 Å². The van der Waals surface area contributed by atoms with E-state index in [2.05, 4.69) is 5.10 Å². The van der Waals surface area contributed by atoms with E-state index in [0.29, 0.717) is 18.3 Å². The maximum atomic E-state index is 10.8.